The molecule has 3 aromatic carbocycles. The largest absolute Gasteiger partial charge is 0.493 e. The van der Waals surface area contributed by atoms with E-state index in [4.69, 9.17) is 37.4 Å². The molecule has 0 spiro atoms. The molecule has 1 fully saturated rings. The predicted molar refractivity (Wildman–Crippen MR) is 138 cm³/mol. The summed E-state index contributed by atoms with van der Waals surface area (Å²) in [5.74, 6) is 1.34. The molecule has 8 heteroatoms. The molecule has 0 saturated carbocycles. The van der Waals surface area contributed by atoms with Crippen molar-refractivity contribution in [2.45, 2.75) is 13.2 Å². The maximum absolute atomic E-state index is 6.19. The first-order chi connectivity index (χ1) is 16.0. The van der Waals surface area contributed by atoms with Gasteiger partial charge in [0.05, 0.1) is 30.4 Å². The van der Waals surface area contributed by atoms with Crippen LogP contribution in [0.15, 0.2) is 59.1 Å². The number of hydrogen-bond acceptors (Lipinski definition) is 5. The Kier molecular flexibility index (Phi) is 8.25. The van der Waals surface area contributed by atoms with Gasteiger partial charge in [0.15, 0.2) is 11.5 Å². The third-order valence-electron chi connectivity index (χ3n) is 5.47. The minimum atomic E-state index is 0.338. The van der Waals surface area contributed by atoms with Crippen molar-refractivity contribution in [2.75, 3.05) is 43.6 Å². The van der Waals surface area contributed by atoms with Gasteiger partial charge < -0.3 is 24.4 Å². The van der Waals surface area contributed by atoms with E-state index in [-0.39, 0.29) is 0 Å². The third-order valence-corrected chi connectivity index (χ3v) is 6.95. The zero-order valence-corrected chi connectivity index (χ0v) is 21.3. The number of hydrogen-bond donors (Lipinski definition) is 1. The van der Waals surface area contributed by atoms with Crippen molar-refractivity contribution < 1.29 is 14.2 Å². The number of methoxy groups -OCH3 is 1. The second kappa shape index (κ2) is 11.3. The van der Waals surface area contributed by atoms with Crippen LogP contribution >= 0.6 is 39.1 Å². The van der Waals surface area contributed by atoms with Crippen molar-refractivity contribution in [3.8, 4) is 11.5 Å². The number of ether oxygens (including phenoxy) is 3. The van der Waals surface area contributed by atoms with Crippen LogP contribution in [0.25, 0.3) is 0 Å². The number of nitrogens with zero attached hydrogens (tertiary/aromatic N) is 1. The summed E-state index contributed by atoms with van der Waals surface area (Å²) in [7, 11) is 1.64. The normalized spacial score (nSPS) is 13.6. The van der Waals surface area contributed by atoms with E-state index in [1.165, 1.54) is 5.69 Å². The first-order valence-electron chi connectivity index (χ1n) is 10.6. The number of morpholine rings is 1. The van der Waals surface area contributed by atoms with Gasteiger partial charge in [-0.25, -0.2) is 0 Å². The van der Waals surface area contributed by atoms with Gasteiger partial charge in [-0.2, -0.15) is 0 Å². The van der Waals surface area contributed by atoms with Crippen LogP contribution in [0.1, 0.15) is 11.1 Å². The van der Waals surface area contributed by atoms with Crippen LogP contribution in [0.3, 0.4) is 0 Å². The highest BCUT2D eigenvalue weighted by molar-refractivity contribution is 9.10. The average molecular weight is 552 g/mol. The molecule has 1 aliphatic rings. The van der Waals surface area contributed by atoms with E-state index in [9.17, 15) is 0 Å². The smallest absolute Gasteiger partial charge is 0.167 e. The molecule has 0 unspecified atom stereocenters. The third kappa shape index (κ3) is 6.07. The molecule has 174 valence electrons. The van der Waals surface area contributed by atoms with E-state index in [0.717, 1.165) is 47.6 Å². The molecule has 0 aromatic heterocycles. The lowest BCUT2D eigenvalue weighted by atomic mass is 10.1. The molecule has 3 aromatic rings. The monoisotopic (exact) mass is 550 g/mol. The maximum atomic E-state index is 6.19. The van der Waals surface area contributed by atoms with E-state index in [1.807, 2.05) is 24.3 Å². The highest BCUT2D eigenvalue weighted by Crippen LogP contribution is 2.37. The van der Waals surface area contributed by atoms with Crippen molar-refractivity contribution in [3.63, 3.8) is 0 Å². The number of benzene rings is 3. The Balaban J connectivity index is 1.47. The minimum Gasteiger partial charge on any atom is -0.493 e. The van der Waals surface area contributed by atoms with Crippen LogP contribution in [0.2, 0.25) is 10.0 Å². The fraction of sp³-hybridized carbons (Fsp3) is 0.280. The molecule has 4 rings (SSSR count). The second-order valence-corrected chi connectivity index (χ2v) is 9.26. The predicted octanol–water partition coefficient (Wildman–Crippen LogP) is 6.79. The highest BCUT2D eigenvalue weighted by Gasteiger charge is 2.16. The molecule has 5 nitrogen and oxygen atoms in total. The van der Waals surface area contributed by atoms with Crippen molar-refractivity contribution in [3.05, 3.63) is 80.2 Å². The summed E-state index contributed by atoms with van der Waals surface area (Å²) in [6.45, 7) is 4.28. The Morgan fingerprint density at radius 2 is 1.76 bits per heavy atom. The first kappa shape index (κ1) is 24.0. The van der Waals surface area contributed by atoms with Gasteiger partial charge in [0.25, 0.3) is 0 Å². The molecule has 0 bridgehead atoms. The van der Waals surface area contributed by atoms with Crippen LogP contribution in [-0.4, -0.2) is 33.4 Å². The molecular weight excluding hydrogens is 527 g/mol. The lowest BCUT2D eigenvalue weighted by Gasteiger charge is -2.29. The molecule has 0 radical (unpaired) electrons. The fourth-order valence-electron chi connectivity index (χ4n) is 3.65. The topological polar surface area (TPSA) is 43.0 Å². The molecule has 0 amide bonds. The Labute approximate surface area is 212 Å². The summed E-state index contributed by atoms with van der Waals surface area (Å²) in [6, 6.07) is 17.8. The molecular formula is C25H25BrCl2N2O3. The van der Waals surface area contributed by atoms with Crippen LogP contribution in [-0.2, 0) is 17.9 Å². The zero-order valence-electron chi connectivity index (χ0n) is 18.2. The minimum absolute atomic E-state index is 0.338. The number of halogens is 3. The van der Waals surface area contributed by atoms with Gasteiger partial charge in [0, 0.05) is 41.0 Å². The van der Waals surface area contributed by atoms with Crippen LogP contribution in [0.5, 0.6) is 11.5 Å². The summed E-state index contributed by atoms with van der Waals surface area (Å²) in [6.07, 6.45) is 0. The summed E-state index contributed by atoms with van der Waals surface area (Å²) in [4.78, 5) is 2.33. The summed E-state index contributed by atoms with van der Waals surface area (Å²) in [5.41, 5.74) is 4.12. The zero-order chi connectivity index (χ0) is 23.2. The Morgan fingerprint density at radius 1 is 1.00 bits per heavy atom. The van der Waals surface area contributed by atoms with E-state index in [2.05, 4.69) is 50.4 Å². The summed E-state index contributed by atoms with van der Waals surface area (Å²) < 4.78 is 18.1. The quantitative estimate of drug-likeness (QED) is 0.334. The summed E-state index contributed by atoms with van der Waals surface area (Å²) in [5, 5.41) is 4.51. The molecule has 0 atom stereocenters. The Hall–Kier alpha value is -2.12. The highest BCUT2D eigenvalue weighted by atomic mass is 79.9. The lowest BCUT2D eigenvalue weighted by molar-refractivity contribution is 0.122. The van der Waals surface area contributed by atoms with Gasteiger partial charge in [-0.3, -0.25) is 0 Å². The number of anilines is 2. The molecule has 1 heterocycles. The fourth-order valence-corrected chi connectivity index (χ4v) is 4.43. The standard InChI is InChI=1S/C25H25BrCl2N2O3/c1-31-24-9-7-21(26)20(25(24)33-16-17-2-8-22(27)23(28)14-17)15-29-18-3-5-19(6-4-18)30-10-12-32-13-11-30/h2-9,14,29H,10-13,15-16H2,1H3. The van der Waals surface area contributed by atoms with Crippen LogP contribution in [0.4, 0.5) is 11.4 Å². The average Bonchev–Trinajstić information content (AvgIpc) is 2.85. The van der Waals surface area contributed by atoms with E-state index < -0.39 is 0 Å². The van der Waals surface area contributed by atoms with Crippen LogP contribution < -0.4 is 19.7 Å². The Morgan fingerprint density at radius 3 is 2.45 bits per heavy atom. The van der Waals surface area contributed by atoms with Crippen LogP contribution in [0, 0.1) is 0 Å². The van der Waals surface area contributed by atoms with Gasteiger partial charge in [0.1, 0.15) is 6.61 Å². The van der Waals surface area contributed by atoms with Crippen molar-refractivity contribution in [1.82, 2.24) is 0 Å². The lowest BCUT2D eigenvalue weighted by Crippen LogP contribution is -2.36. The SMILES string of the molecule is COc1ccc(Br)c(CNc2ccc(N3CCOCC3)cc2)c1OCc1ccc(Cl)c(Cl)c1. The van der Waals surface area contributed by atoms with E-state index >= 15 is 0 Å². The molecule has 1 N–H and O–H groups in total. The number of nitrogens with one attached hydrogen (secondary N) is 1. The van der Waals surface area contributed by atoms with E-state index in [0.29, 0.717) is 34.7 Å². The molecule has 1 saturated heterocycles. The van der Waals surface area contributed by atoms with Gasteiger partial charge in [0.2, 0.25) is 0 Å². The van der Waals surface area contributed by atoms with Gasteiger partial charge in [-0.15, -0.1) is 0 Å². The van der Waals surface area contributed by atoms with Crippen molar-refractivity contribution in [2.24, 2.45) is 0 Å². The van der Waals surface area contributed by atoms with Gasteiger partial charge >= 0.3 is 0 Å². The maximum Gasteiger partial charge on any atom is 0.167 e. The number of rotatable bonds is 8. The van der Waals surface area contributed by atoms with Crippen molar-refractivity contribution in [1.29, 1.82) is 0 Å². The summed E-state index contributed by atoms with van der Waals surface area (Å²) >= 11 is 15.8. The van der Waals surface area contributed by atoms with Crippen molar-refractivity contribution >= 4 is 50.5 Å². The molecule has 33 heavy (non-hydrogen) atoms. The Bertz CT molecular complexity index is 1090. The second-order valence-electron chi connectivity index (χ2n) is 7.59. The van der Waals surface area contributed by atoms with E-state index in [1.54, 1.807) is 13.2 Å². The molecule has 1 aliphatic heterocycles. The van der Waals surface area contributed by atoms with Gasteiger partial charge in [-0.1, -0.05) is 45.2 Å². The first-order valence-corrected chi connectivity index (χ1v) is 12.2. The van der Waals surface area contributed by atoms with Gasteiger partial charge in [-0.05, 0) is 54.1 Å². The molecule has 0 aliphatic carbocycles.